The maximum Gasteiger partial charge on any atom is 0.263 e. The molecular weight excluding hydrogens is 388 g/mol. The molecule has 1 aliphatic rings. The Morgan fingerprint density at radius 2 is 2.21 bits per heavy atom. The molecule has 8 nitrogen and oxygen atoms in total. The topological polar surface area (TPSA) is 98.6 Å². The molecule has 0 spiro atoms. The van der Waals surface area contributed by atoms with Gasteiger partial charge in [-0.1, -0.05) is 5.16 Å². The second-order valence-corrected chi connectivity index (χ2v) is 7.93. The SMILES string of the molecule is Cc1cc(C)n(-c2ccc(/C(N)=N/OCC(=O)N3CCc4sccc4C3)cn2)n1. The van der Waals surface area contributed by atoms with Crippen LogP contribution in [-0.2, 0) is 22.6 Å². The van der Waals surface area contributed by atoms with Crippen molar-refractivity contribution >= 4 is 23.1 Å². The van der Waals surface area contributed by atoms with Crippen molar-refractivity contribution in [2.24, 2.45) is 10.9 Å². The van der Waals surface area contributed by atoms with Gasteiger partial charge in [0.25, 0.3) is 5.91 Å². The van der Waals surface area contributed by atoms with E-state index >= 15 is 0 Å². The molecule has 1 amide bonds. The number of aromatic nitrogens is 3. The molecule has 0 fully saturated rings. The van der Waals surface area contributed by atoms with E-state index in [1.165, 1.54) is 10.4 Å². The summed E-state index contributed by atoms with van der Waals surface area (Å²) in [6.45, 7) is 5.09. The van der Waals surface area contributed by atoms with Crippen LogP contribution in [-0.4, -0.2) is 44.6 Å². The first-order chi connectivity index (χ1) is 14.0. The Balaban J connectivity index is 1.34. The van der Waals surface area contributed by atoms with Crippen LogP contribution in [0.15, 0.2) is 41.0 Å². The lowest BCUT2D eigenvalue weighted by molar-refractivity contribution is -0.137. The number of amidine groups is 1. The highest BCUT2D eigenvalue weighted by Gasteiger charge is 2.21. The van der Waals surface area contributed by atoms with E-state index in [0.717, 1.165) is 17.8 Å². The average molecular weight is 411 g/mol. The second kappa shape index (κ2) is 8.04. The molecule has 3 aromatic rings. The number of hydrogen-bond acceptors (Lipinski definition) is 6. The Labute approximate surface area is 172 Å². The third kappa shape index (κ3) is 4.14. The molecule has 0 unspecified atom stereocenters. The molecule has 150 valence electrons. The van der Waals surface area contributed by atoms with Crippen LogP contribution >= 0.6 is 11.3 Å². The molecule has 1 aliphatic heterocycles. The molecule has 0 atom stereocenters. The number of fused-ring (bicyclic) bond motifs is 1. The van der Waals surface area contributed by atoms with Gasteiger partial charge in [0.15, 0.2) is 18.3 Å². The first-order valence-electron chi connectivity index (χ1n) is 9.30. The maximum absolute atomic E-state index is 12.4. The van der Waals surface area contributed by atoms with Gasteiger partial charge in [0, 0.05) is 35.4 Å². The fourth-order valence-electron chi connectivity index (χ4n) is 3.29. The minimum absolute atomic E-state index is 0.101. The van der Waals surface area contributed by atoms with E-state index in [1.807, 2.05) is 26.0 Å². The normalized spacial score (nSPS) is 14.0. The summed E-state index contributed by atoms with van der Waals surface area (Å²) in [4.78, 5) is 25.1. The Bertz CT molecular complexity index is 1050. The molecule has 2 N–H and O–H groups in total. The Hall–Kier alpha value is -3.20. The molecule has 0 saturated heterocycles. The maximum atomic E-state index is 12.4. The zero-order valence-electron chi connectivity index (χ0n) is 16.3. The Morgan fingerprint density at radius 3 is 2.93 bits per heavy atom. The van der Waals surface area contributed by atoms with Gasteiger partial charge < -0.3 is 15.5 Å². The van der Waals surface area contributed by atoms with Crippen molar-refractivity contribution in [1.82, 2.24) is 19.7 Å². The summed E-state index contributed by atoms with van der Waals surface area (Å²) in [7, 11) is 0. The van der Waals surface area contributed by atoms with E-state index in [2.05, 4.69) is 26.7 Å². The predicted molar refractivity (Wildman–Crippen MR) is 111 cm³/mol. The Kier molecular flexibility index (Phi) is 5.30. The van der Waals surface area contributed by atoms with Crippen molar-refractivity contribution in [3.63, 3.8) is 0 Å². The summed E-state index contributed by atoms with van der Waals surface area (Å²) in [6, 6.07) is 7.66. The number of amides is 1. The largest absolute Gasteiger partial charge is 0.384 e. The van der Waals surface area contributed by atoms with Crippen molar-refractivity contribution in [3.8, 4) is 5.82 Å². The lowest BCUT2D eigenvalue weighted by atomic mass is 10.1. The lowest BCUT2D eigenvalue weighted by Gasteiger charge is -2.26. The minimum atomic E-state index is -0.141. The smallest absolute Gasteiger partial charge is 0.263 e. The van der Waals surface area contributed by atoms with Crippen molar-refractivity contribution in [3.05, 3.63) is 63.2 Å². The number of aryl methyl sites for hydroxylation is 2. The number of nitrogens with zero attached hydrogens (tertiary/aromatic N) is 5. The van der Waals surface area contributed by atoms with Gasteiger partial charge in [-0.15, -0.1) is 11.3 Å². The average Bonchev–Trinajstić information content (AvgIpc) is 3.32. The van der Waals surface area contributed by atoms with Crippen LogP contribution in [0.4, 0.5) is 0 Å². The number of pyridine rings is 1. The molecule has 0 aliphatic carbocycles. The van der Waals surface area contributed by atoms with E-state index in [1.54, 1.807) is 33.2 Å². The second-order valence-electron chi connectivity index (χ2n) is 6.93. The molecule has 3 aromatic heterocycles. The molecule has 0 aromatic carbocycles. The van der Waals surface area contributed by atoms with Crippen LogP contribution < -0.4 is 5.73 Å². The zero-order valence-corrected chi connectivity index (χ0v) is 17.1. The Morgan fingerprint density at radius 1 is 1.34 bits per heavy atom. The van der Waals surface area contributed by atoms with Gasteiger partial charge in [0.1, 0.15) is 0 Å². The van der Waals surface area contributed by atoms with E-state index < -0.39 is 0 Å². The van der Waals surface area contributed by atoms with Gasteiger partial charge in [-0.3, -0.25) is 4.79 Å². The third-order valence-corrected chi connectivity index (χ3v) is 5.80. The molecule has 4 heterocycles. The lowest BCUT2D eigenvalue weighted by Crippen LogP contribution is -2.37. The predicted octanol–water partition coefficient (Wildman–Crippen LogP) is 2.17. The molecule has 9 heteroatoms. The minimum Gasteiger partial charge on any atom is -0.384 e. The van der Waals surface area contributed by atoms with Crippen LogP contribution in [0.25, 0.3) is 5.82 Å². The van der Waals surface area contributed by atoms with Crippen molar-refractivity contribution in [2.75, 3.05) is 13.2 Å². The van der Waals surface area contributed by atoms with Gasteiger partial charge in [0.2, 0.25) is 0 Å². The van der Waals surface area contributed by atoms with Crippen LogP contribution in [0, 0.1) is 13.8 Å². The number of oxime groups is 1. The number of hydrogen-bond donors (Lipinski definition) is 1. The molecule has 0 radical (unpaired) electrons. The summed E-state index contributed by atoms with van der Waals surface area (Å²) < 4.78 is 1.76. The van der Waals surface area contributed by atoms with Gasteiger partial charge in [-0.25, -0.2) is 9.67 Å². The summed E-state index contributed by atoms with van der Waals surface area (Å²) in [5, 5.41) is 10.3. The summed E-state index contributed by atoms with van der Waals surface area (Å²) in [6.07, 6.45) is 2.50. The number of carbonyl (C=O) groups excluding carboxylic acids is 1. The first kappa shape index (κ1) is 19.1. The fraction of sp³-hybridized carbons (Fsp3) is 0.300. The number of carbonyl (C=O) groups is 1. The quantitative estimate of drug-likeness (QED) is 0.395. The van der Waals surface area contributed by atoms with Gasteiger partial charge >= 0.3 is 0 Å². The molecule has 0 saturated carbocycles. The number of nitrogens with two attached hydrogens (primary N) is 1. The molecule has 4 rings (SSSR count). The first-order valence-corrected chi connectivity index (χ1v) is 10.2. The monoisotopic (exact) mass is 410 g/mol. The van der Waals surface area contributed by atoms with Crippen LogP contribution in [0.2, 0.25) is 0 Å². The summed E-state index contributed by atoms with van der Waals surface area (Å²) >= 11 is 1.74. The van der Waals surface area contributed by atoms with E-state index in [9.17, 15) is 4.79 Å². The van der Waals surface area contributed by atoms with E-state index in [4.69, 9.17) is 10.6 Å². The summed E-state index contributed by atoms with van der Waals surface area (Å²) in [5.41, 5.74) is 9.73. The molecular formula is C20H22N6O2S. The third-order valence-electron chi connectivity index (χ3n) is 4.78. The molecule has 29 heavy (non-hydrogen) atoms. The number of thiophene rings is 1. The van der Waals surface area contributed by atoms with Crippen molar-refractivity contribution < 1.29 is 9.63 Å². The van der Waals surface area contributed by atoms with Crippen LogP contribution in [0.5, 0.6) is 0 Å². The number of rotatable bonds is 5. The summed E-state index contributed by atoms with van der Waals surface area (Å²) in [5.74, 6) is 0.765. The highest BCUT2D eigenvalue weighted by molar-refractivity contribution is 7.10. The molecule has 0 bridgehead atoms. The standard InChI is InChI=1S/C20H22N6O2S/c1-13-9-14(2)26(23-13)18-4-3-15(10-22-18)20(21)24-28-12-19(27)25-7-5-17-16(11-25)6-8-29-17/h3-4,6,8-10H,5,7,11-12H2,1-2H3,(H2,21,24). The fourth-order valence-corrected chi connectivity index (χ4v) is 4.18. The van der Waals surface area contributed by atoms with E-state index in [-0.39, 0.29) is 18.3 Å². The van der Waals surface area contributed by atoms with Crippen molar-refractivity contribution in [1.29, 1.82) is 0 Å². The van der Waals surface area contributed by atoms with Gasteiger partial charge in [0.05, 0.1) is 5.69 Å². The van der Waals surface area contributed by atoms with Gasteiger partial charge in [-0.2, -0.15) is 5.10 Å². The van der Waals surface area contributed by atoms with Crippen LogP contribution in [0.1, 0.15) is 27.4 Å². The van der Waals surface area contributed by atoms with Crippen LogP contribution in [0.3, 0.4) is 0 Å². The zero-order chi connectivity index (χ0) is 20.4. The van der Waals surface area contributed by atoms with Crippen molar-refractivity contribution in [2.45, 2.75) is 26.8 Å². The van der Waals surface area contributed by atoms with Gasteiger partial charge in [-0.05, 0) is 55.5 Å². The highest BCUT2D eigenvalue weighted by Crippen LogP contribution is 2.23. The highest BCUT2D eigenvalue weighted by atomic mass is 32.1. The van der Waals surface area contributed by atoms with E-state index in [0.29, 0.717) is 24.5 Å².